The summed E-state index contributed by atoms with van der Waals surface area (Å²) in [7, 11) is 1.70. The number of rotatable bonds is 5. The second-order valence-electron chi connectivity index (χ2n) is 7.46. The first-order valence-electron chi connectivity index (χ1n) is 9.71. The van der Waals surface area contributed by atoms with Crippen molar-refractivity contribution in [2.75, 3.05) is 31.6 Å². The Kier molecular flexibility index (Phi) is 6.25. The fraction of sp³-hybridized carbons (Fsp3) is 0.650. The van der Waals surface area contributed by atoms with E-state index in [1.807, 2.05) is 23.1 Å². The molecule has 144 valence electrons. The molecule has 2 aliphatic rings. The fourth-order valence-corrected chi connectivity index (χ4v) is 4.16. The molecule has 2 fully saturated rings. The second kappa shape index (κ2) is 8.62. The van der Waals surface area contributed by atoms with Crippen molar-refractivity contribution >= 4 is 11.7 Å². The highest BCUT2D eigenvalue weighted by Gasteiger charge is 2.31. The summed E-state index contributed by atoms with van der Waals surface area (Å²) in [6, 6.07) is 8.49. The minimum absolute atomic E-state index is 0.0314. The van der Waals surface area contributed by atoms with E-state index in [1.54, 1.807) is 14.0 Å². The van der Waals surface area contributed by atoms with Crippen LogP contribution in [0.25, 0.3) is 0 Å². The number of benzene rings is 1. The van der Waals surface area contributed by atoms with Crippen molar-refractivity contribution in [3.63, 3.8) is 0 Å². The highest BCUT2D eigenvalue weighted by Crippen LogP contribution is 2.30. The van der Waals surface area contributed by atoms with Gasteiger partial charge in [0, 0.05) is 31.7 Å². The van der Waals surface area contributed by atoms with E-state index in [-0.39, 0.29) is 24.2 Å². The Morgan fingerprint density at radius 2 is 2.00 bits per heavy atom. The quantitative estimate of drug-likeness (QED) is 0.846. The van der Waals surface area contributed by atoms with E-state index in [2.05, 4.69) is 16.3 Å². The SMILES string of the molecule is COc1ccccc1N1CCC(NC(=O)N2CCCC2CC(C)O)CC1. The minimum atomic E-state index is -0.363. The molecule has 0 radical (unpaired) electrons. The van der Waals surface area contributed by atoms with Gasteiger partial charge in [-0.2, -0.15) is 0 Å². The van der Waals surface area contributed by atoms with Crippen LogP contribution in [-0.4, -0.2) is 61.0 Å². The molecule has 1 aromatic carbocycles. The van der Waals surface area contributed by atoms with E-state index in [0.29, 0.717) is 6.42 Å². The number of para-hydroxylation sites is 2. The van der Waals surface area contributed by atoms with Gasteiger partial charge in [0.1, 0.15) is 5.75 Å². The molecule has 2 aliphatic heterocycles. The third kappa shape index (κ3) is 4.41. The molecular formula is C20H31N3O3. The van der Waals surface area contributed by atoms with Gasteiger partial charge in [0.05, 0.1) is 18.9 Å². The number of hydrogen-bond acceptors (Lipinski definition) is 4. The number of piperidine rings is 1. The van der Waals surface area contributed by atoms with E-state index in [1.165, 1.54) is 0 Å². The summed E-state index contributed by atoms with van der Waals surface area (Å²) in [5.74, 6) is 0.896. The van der Waals surface area contributed by atoms with Crippen LogP contribution in [0, 0.1) is 0 Å². The van der Waals surface area contributed by atoms with Crippen LogP contribution in [0.1, 0.15) is 39.0 Å². The lowest BCUT2D eigenvalue weighted by Crippen LogP contribution is -2.50. The molecule has 6 nitrogen and oxygen atoms in total. The number of anilines is 1. The van der Waals surface area contributed by atoms with Crippen molar-refractivity contribution in [3.8, 4) is 5.75 Å². The summed E-state index contributed by atoms with van der Waals surface area (Å²) >= 11 is 0. The van der Waals surface area contributed by atoms with E-state index in [9.17, 15) is 9.90 Å². The number of aliphatic hydroxyl groups is 1. The molecule has 26 heavy (non-hydrogen) atoms. The monoisotopic (exact) mass is 361 g/mol. The van der Waals surface area contributed by atoms with E-state index in [4.69, 9.17) is 4.74 Å². The Bertz CT molecular complexity index is 600. The largest absolute Gasteiger partial charge is 0.495 e. The molecular weight excluding hydrogens is 330 g/mol. The van der Waals surface area contributed by atoms with E-state index >= 15 is 0 Å². The molecule has 6 heteroatoms. The Morgan fingerprint density at radius 3 is 2.69 bits per heavy atom. The highest BCUT2D eigenvalue weighted by atomic mass is 16.5. The van der Waals surface area contributed by atoms with Gasteiger partial charge in [-0.3, -0.25) is 0 Å². The van der Waals surface area contributed by atoms with Gasteiger partial charge < -0.3 is 25.0 Å². The molecule has 0 saturated carbocycles. The van der Waals surface area contributed by atoms with Crippen molar-refractivity contribution in [2.24, 2.45) is 0 Å². The zero-order valence-electron chi connectivity index (χ0n) is 15.9. The number of carbonyl (C=O) groups is 1. The van der Waals surface area contributed by atoms with Crippen LogP contribution >= 0.6 is 0 Å². The Balaban J connectivity index is 1.51. The molecule has 0 spiro atoms. The van der Waals surface area contributed by atoms with E-state index < -0.39 is 0 Å². The van der Waals surface area contributed by atoms with Crippen LogP contribution < -0.4 is 15.0 Å². The lowest BCUT2D eigenvalue weighted by molar-refractivity contribution is 0.136. The predicted molar refractivity (Wildman–Crippen MR) is 103 cm³/mol. The van der Waals surface area contributed by atoms with E-state index in [0.717, 1.165) is 56.8 Å². The Morgan fingerprint density at radius 1 is 1.27 bits per heavy atom. The maximum absolute atomic E-state index is 12.7. The molecule has 1 aromatic rings. The smallest absolute Gasteiger partial charge is 0.317 e. The third-order valence-electron chi connectivity index (χ3n) is 5.50. The molecule has 0 aliphatic carbocycles. The summed E-state index contributed by atoms with van der Waals surface area (Å²) in [6.07, 6.45) is 4.18. The van der Waals surface area contributed by atoms with Crippen LogP contribution in [0.4, 0.5) is 10.5 Å². The van der Waals surface area contributed by atoms with Crippen LogP contribution in [0.2, 0.25) is 0 Å². The number of ether oxygens (including phenoxy) is 1. The number of nitrogens with one attached hydrogen (secondary N) is 1. The fourth-order valence-electron chi connectivity index (χ4n) is 4.16. The van der Waals surface area contributed by atoms with Crippen molar-refractivity contribution in [2.45, 2.75) is 57.2 Å². The average Bonchev–Trinajstić information content (AvgIpc) is 3.10. The molecule has 2 saturated heterocycles. The van der Waals surface area contributed by atoms with Crippen molar-refractivity contribution in [1.82, 2.24) is 10.2 Å². The number of carbonyl (C=O) groups excluding carboxylic acids is 1. The minimum Gasteiger partial charge on any atom is -0.495 e. The average molecular weight is 361 g/mol. The molecule has 2 unspecified atom stereocenters. The van der Waals surface area contributed by atoms with Gasteiger partial charge in [0.25, 0.3) is 0 Å². The summed E-state index contributed by atoms with van der Waals surface area (Å²) in [5.41, 5.74) is 1.12. The summed E-state index contributed by atoms with van der Waals surface area (Å²) < 4.78 is 5.46. The normalized spacial score (nSPS) is 22.3. The van der Waals surface area contributed by atoms with Gasteiger partial charge in [-0.1, -0.05) is 12.1 Å². The van der Waals surface area contributed by atoms with Crippen molar-refractivity contribution < 1.29 is 14.6 Å². The highest BCUT2D eigenvalue weighted by molar-refractivity contribution is 5.75. The Hall–Kier alpha value is -1.95. The van der Waals surface area contributed by atoms with Crippen molar-refractivity contribution in [3.05, 3.63) is 24.3 Å². The molecule has 2 amide bonds. The maximum Gasteiger partial charge on any atom is 0.317 e. The van der Waals surface area contributed by atoms with Gasteiger partial charge >= 0.3 is 6.03 Å². The lowest BCUT2D eigenvalue weighted by atomic mass is 10.0. The first-order chi connectivity index (χ1) is 12.6. The summed E-state index contributed by atoms with van der Waals surface area (Å²) in [5, 5.41) is 12.9. The topological polar surface area (TPSA) is 65.0 Å². The summed E-state index contributed by atoms with van der Waals surface area (Å²) in [4.78, 5) is 16.9. The number of nitrogens with zero attached hydrogens (tertiary/aromatic N) is 2. The van der Waals surface area contributed by atoms with Crippen LogP contribution in [0.3, 0.4) is 0 Å². The number of amides is 2. The maximum atomic E-state index is 12.7. The molecule has 2 heterocycles. The standard InChI is InChI=1S/C20H31N3O3/c1-15(24)14-17-6-5-11-23(17)20(25)21-16-9-12-22(13-10-16)18-7-3-4-8-19(18)26-2/h3-4,7-8,15-17,24H,5-6,9-14H2,1-2H3,(H,21,25). The molecule has 0 bridgehead atoms. The first kappa shape index (κ1) is 18.8. The molecule has 2 N–H and O–H groups in total. The molecule has 3 rings (SSSR count). The predicted octanol–water partition coefficient (Wildman–Crippen LogP) is 2.61. The molecule has 0 aromatic heterocycles. The van der Waals surface area contributed by atoms with Gasteiger partial charge in [-0.25, -0.2) is 4.79 Å². The zero-order valence-corrected chi connectivity index (χ0v) is 15.9. The van der Waals surface area contributed by atoms with Gasteiger partial charge in [-0.05, 0) is 51.2 Å². The number of hydrogen-bond donors (Lipinski definition) is 2. The number of methoxy groups -OCH3 is 1. The third-order valence-corrected chi connectivity index (χ3v) is 5.50. The zero-order chi connectivity index (χ0) is 18.5. The number of aliphatic hydroxyl groups excluding tert-OH is 1. The lowest BCUT2D eigenvalue weighted by Gasteiger charge is -2.36. The number of likely N-dealkylation sites (tertiary alicyclic amines) is 1. The van der Waals surface area contributed by atoms with Gasteiger partial charge in [0.15, 0.2) is 0 Å². The number of urea groups is 1. The second-order valence-corrected chi connectivity index (χ2v) is 7.46. The summed E-state index contributed by atoms with van der Waals surface area (Å²) in [6.45, 7) is 4.40. The van der Waals surface area contributed by atoms with Crippen LogP contribution in [-0.2, 0) is 0 Å². The van der Waals surface area contributed by atoms with Gasteiger partial charge in [-0.15, -0.1) is 0 Å². The van der Waals surface area contributed by atoms with Crippen LogP contribution in [0.15, 0.2) is 24.3 Å². The first-order valence-corrected chi connectivity index (χ1v) is 9.71. The molecule has 2 atom stereocenters. The van der Waals surface area contributed by atoms with Crippen LogP contribution in [0.5, 0.6) is 5.75 Å². The van der Waals surface area contributed by atoms with Gasteiger partial charge in [0.2, 0.25) is 0 Å². The van der Waals surface area contributed by atoms with Crippen molar-refractivity contribution in [1.29, 1.82) is 0 Å². The Labute approximate surface area is 156 Å².